The summed E-state index contributed by atoms with van der Waals surface area (Å²) < 4.78 is 7.47. The van der Waals surface area contributed by atoms with E-state index in [0.29, 0.717) is 22.1 Å². The molecule has 0 fully saturated rings. The van der Waals surface area contributed by atoms with Crippen molar-refractivity contribution in [1.29, 1.82) is 0 Å². The summed E-state index contributed by atoms with van der Waals surface area (Å²) in [5.41, 5.74) is 6.00. The lowest BCUT2D eigenvalue weighted by atomic mass is 10.1. The van der Waals surface area contributed by atoms with Gasteiger partial charge in [0.15, 0.2) is 5.13 Å². The van der Waals surface area contributed by atoms with Gasteiger partial charge in [-0.1, -0.05) is 6.07 Å². The molecule has 4 aromatic rings. The number of carbonyl (C=O) groups is 1. The number of hydrogen-bond donors (Lipinski definition) is 2. The number of methoxy groups -OCH3 is 1. The van der Waals surface area contributed by atoms with Crippen molar-refractivity contribution in [1.82, 2.24) is 19.9 Å². The molecule has 0 bridgehead atoms. The van der Waals surface area contributed by atoms with Gasteiger partial charge in [0.2, 0.25) is 0 Å². The molecule has 2 aromatic carbocycles. The molecule has 0 aliphatic heterocycles. The molecule has 2 heterocycles. The summed E-state index contributed by atoms with van der Waals surface area (Å²) in [6.45, 7) is 1.88. The van der Waals surface area contributed by atoms with Crippen molar-refractivity contribution in [2.75, 3.05) is 19.5 Å². The van der Waals surface area contributed by atoms with E-state index in [0.717, 1.165) is 27.9 Å². The molecule has 1 amide bonds. The van der Waals surface area contributed by atoms with Gasteiger partial charge in [0.1, 0.15) is 5.75 Å². The zero-order chi connectivity index (χ0) is 20.5. The summed E-state index contributed by atoms with van der Waals surface area (Å²) in [5.74, 6) is 0.513. The Morgan fingerprint density at radius 2 is 2.07 bits per heavy atom. The summed E-state index contributed by atoms with van der Waals surface area (Å²) in [5, 5.41) is 8.66. The van der Waals surface area contributed by atoms with Gasteiger partial charge in [0, 0.05) is 30.6 Å². The van der Waals surface area contributed by atoms with E-state index in [2.05, 4.69) is 15.6 Å². The lowest BCUT2D eigenvalue weighted by Crippen LogP contribution is -2.19. The number of carbonyl (C=O) groups excluding carboxylic acids is 1. The molecule has 0 radical (unpaired) electrons. The Balaban J connectivity index is 1.65. The summed E-state index contributed by atoms with van der Waals surface area (Å²) >= 11 is 1.49. The molecule has 29 heavy (non-hydrogen) atoms. The first-order valence-corrected chi connectivity index (χ1v) is 9.93. The molecule has 0 saturated heterocycles. The summed E-state index contributed by atoms with van der Waals surface area (Å²) in [6.07, 6.45) is 1.80. The molecular formula is C21H21N5O2S. The molecule has 0 spiro atoms. The van der Waals surface area contributed by atoms with Crippen LogP contribution in [-0.4, -0.2) is 34.6 Å². The minimum Gasteiger partial charge on any atom is -0.495 e. The van der Waals surface area contributed by atoms with Crippen molar-refractivity contribution >= 4 is 39.1 Å². The van der Waals surface area contributed by atoms with Crippen LogP contribution in [0.1, 0.15) is 15.9 Å². The molecule has 0 atom stereocenters. The third-order valence-corrected chi connectivity index (χ3v) is 5.54. The van der Waals surface area contributed by atoms with Gasteiger partial charge in [0.25, 0.3) is 5.91 Å². The normalized spacial score (nSPS) is 10.9. The van der Waals surface area contributed by atoms with Crippen molar-refractivity contribution in [3.8, 4) is 17.0 Å². The van der Waals surface area contributed by atoms with Crippen LogP contribution in [0.2, 0.25) is 0 Å². The Morgan fingerprint density at radius 3 is 2.83 bits per heavy atom. The minimum absolute atomic E-state index is 0.142. The number of aryl methyl sites for hydroxylation is 2. The molecule has 4 rings (SSSR count). The smallest absolute Gasteiger partial charge is 0.251 e. The van der Waals surface area contributed by atoms with Crippen molar-refractivity contribution in [2.45, 2.75) is 6.92 Å². The fourth-order valence-corrected chi connectivity index (χ4v) is 3.93. The third-order valence-electron chi connectivity index (χ3n) is 4.79. The fraction of sp³-hybridized carbons (Fsp3) is 0.190. The van der Waals surface area contributed by atoms with Crippen molar-refractivity contribution in [3.63, 3.8) is 0 Å². The number of fused-ring (bicyclic) bond motifs is 1. The largest absolute Gasteiger partial charge is 0.495 e. The first-order valence-electron chi connectivity index (χ1n) is 9.05. The van der Waals surface area contributed by atoms with Crippen LogP contribution in [0.3, 0.4) is 0 Å². The first kappa shape index (κ1) is 18.9. The monoisotopic (exact) mass is 407 g/mol. The molecule has 2 aromatic heterocycles. The topological polar surface area (TPSA) is 81.1 Å². The van der Waals surface area contributed by atoms with Crippen LogP contribution in [0.25, 0.3) is 22.3 Å². The molecule has 0 saturated carbocycles. The van der Waals surface area contributed by atoms with E-state index < -0.39 is 0 Å². The van der Waals surface area contributed by atoms with E-state index in [4.69, 9.17) is 9.72 Å². The zero-order valence-corrected chi connectivity index (χ0v) is 17.4. The molecule has 148 valence electrons. The highest BCUT2D eigenvalue weighted by atomic mass is 32.1. The second-order valence-electron chi connectivity index (χ2n) is 6.67. The van der Waals surface area contributed by atoms with E-state index >= 15 is 0 Å². The number of imidazole rings is 1. The highest BCUT2D eigenvalue weighted by Crippen LogP contribution is 2.34. The number of hydrogen-bond acceptors (Lipinski definition) is 6. The Bertz CT molecular complexity index is 1210. The predicted molar refractivity (Wildman–Crippen MR) is 116 cm³/mol. The molecule has 7 nitrogen and oxygen atoms in total. The number of amides is 1. The maximum absolute atomic E-state index is 12.1. The molecule has 2 N–H and O–H groups in total. The Hall–Kier alpha value is -3.39. The van der Waals surface area contributed by atoms with Gasteiger partial charge >= 0.3 is 0 Å². The first-order chi connectivity index (χ1) is 14.0. The number of rotatable bonds is 5. The van der Waals surface area contributed by atoms with Gasteiger partial charge < -0.3 is 19.9 Å². The number of thiazole rings is 1. The molecule has 8 heteroatoms. The van der Waals surface area contributed by atoms with Crippen molar-refractivity contribution in [3.05, 3.63) is 53.2 Å². The highest BCUT2D eigenvalue weighted by molar-refractivity contribution is 7.14. The lowest BCUT2D eigenvalue weighted by Gasteiger charge is -2.13. The van der Waals surface area contributed by atoms with Crippen LogP contribution in [0.4, 0.5) is 10.8 Å². The van der Waals surface area contributed by atoms with E-state index in [1.165, 1.54) is 11.3 Å². The van der Waals surface area contributed by atoms with Crippen molar-refractivity contribution in [2.24, 2.45) is 7.05 Å². The standard InChI is InChI=1S/C21H21N5O2S/c1-12-7-19(28-4)16(9-14(12)20(27)22-2)24-21-25-17(10-29-21)13-5-6-18-15(8-13)23-11-26(18)3/h5-11H,1-4H3,(H,22,27)(H,24,25). The zero-order valence-electron chi connectivity index (χ0n) is 16.6. The van der Waals surface area contributed by atoms with E-state index in [1.807, 2.05) is 48.2 Å². The third kappa shape index (κ3) is 3.54. The average Bonchev–Trinajstić information content (AvgIpc) is 3.35. The molecule has 0 aliphatic carbocycles. The predicted octanol–water partition coefficient (Wildman–Crippen LogP) is 4.12. The number of benzene rings is 2. The van der Waals surface area contributed by atoms with Crippen LogP contribution in [0.15, 0.2) is 42.0 Å². The average molecular weight is 407 g/mol. The molecule has 0 aliphatic rings. The second-order valence-corrected chi connectivity index (χ2v) is 7.53. The van der Waals surface area contributed by atoms with Gasteiger partial charge in [-0.15, -0.1) is 11.3 Å². The number of nitrogens with zero attached hydrogens (tertiary/aromatic N) is 3. The summed E-state index contributed by atoms with van der Waals surface area (Å²) in [4.78, 5) is 21.2. The van der Waals surface area contributed by atoms with Crippen LogP contribution in [0, 0.1) is 6.92 Å². The number of anilines is 2. The fourth-order valence-electron chi connectivity index (χ4n) is 3.20. The number of nitrogens with one attached hydrogen (secondary N) is 2. The second kappa shape index (κ2) is 7.56. The van der Waals surface area contributed by atoms with Crippen LogP contribution in [-0.2, 0) is 7.05 Å². The Morgan fingerprint density at radius 1 is 1.24 bits per heavy atom. The van der Waals surface area contributed by atoms with Gasteiger partial charge in [-0.2, -0.15) is 0 Å². The number of aromatic nitrogens is 3. The van der Waals surface area contributed by atoms with Gasteiger partial charge in [-0.05, 0) is 36.8 Å². The maximum Gasteiger partial charge on any atom is 0.251 e. The molecule has 0 unspecified atom stereocenters. The highest BCUT2D eigenvalue weighted by Gasteiger charge is 2.15. The van der Waals surface area contributed by atoms with Crippen LogP contribution in [0.5, 0.6) is 5.75 Å². The van der Waals surface area contributed by atoms with Crippen molar-refractivity contribution < 1.29 is 9.53 Å². The van der Waals surface area contributed by atoms with Crippen LogP contribution < -0.4 is 15.4 Å². The van der Waals surface area contributed by atoms with Gasteiger partial charge in [-0.25, -0.2) is 9.97 Å². The Labute approximate surface area is 172 Å². The Kier molecular flexibility index (Phi) is 4.94. The quantitative estimate of drug-likeness (QED) is 0.520. The SMILES string of the molecule is CNC(=O)c1cc(Nc2nc(-c3ccc4c(c3)ncn4C)cs2)c(OC)cc1C. The molecular weight excluding hydrogens is 386 g/mol. The van der Waals surface area contributed by atoms with E-state index in [9.17, 15) is 4.79 Å². The minimum atomic E-state index is -0.142. The van der Waals surface area contributed by atoms with E-state index in [-0.39, 0.29) is 5.91 Å². The van der Waals surface area contributed by atoms with Crippen LogP contribution >= 0.6 is 11.3 Å². The summed E-state index contributed by atoms with van der Waals surface area (Å²) in [7, 11) is 5.20. The van der Waals surface area contributed by atoms with Gasteiger partial charge in [-0.3, -0.25) is 4.79 Å². The maximum atomic E-state index is 12.1. The number of ether oxygens (including phenoxy) is 1. The lowest BCUT2D eigenvalue weighted by molar-refractivity contribution is 0.0962. The van der Waals surface area contributed by atoms with Gasteiger partial charge in [0.05, 0.1) is 35.9 Å². The van der Waals surface area contributed by atoms with E-state index in [1.54, 1.807) is 26.6 Å². The summed E-state index contributed by atoms with van der Waals surface area (Å²) in [6, 6.07) is 9.75.